The molecule has 0 aliphatic carbocycles. The molecule has 0 fully saturated rings. The van der Waals surface area contributed by atoms with E-state index in [2.05, 4.69) is 24.3 Å². The van der Waals surface area contributed by atoms with E-state index >= 15 is 0 Å². The fourth-order valence-corrected chi connectivity index (χ4v) is 5.53. The van der Waals surface area contributed by atoms with Crippen LogP contribution in [0.3, 0.4) is 0 Å². The predicted octanol–water partition coefficient (Wildman–Crippen LogP) is 10.5. The molecule has 8 aromatic rings. The fourth-order valence-electron chi connectivity index (χ4n) is 5.53. The number of rotatable bonds is 8. The van der Waals surface area contributed by atoms with Crippen LogP contribution in [0.1, 0.15) is 0 Å². The quantitative estimate of drug-likeness (QED) is 0.166. The van der Waals surface area contributed by atoms with Crippen molar-refractivity contribution >= 4 is 0 Å². The molecular weight excluding hydrogens is 603 g/mol. The number of hydrogen-bond donors (Lipinski definition) is 0. The molecule has 0 amide bonds. The molecule has 6 aromatic carbocycles. The van der Waals surface area contributed by atoms with E-state index < -0.39 is 0 Å². The van der Waals surface area contributed by atoms with Crippen LogP contribution in [-0.2, 0) is 0 Å². The third kappa shape index (κ3) is 6.70. The first-order valence-corrected chi connectivity index (χ1v) is 16.0. The molecule has 0 radical (unpaired) electrons. The summed E-state index contributed by atoms with van der Waals surface area (Å²) in [4.78, 5) is 24.4. The maximum atomic E-state index is 6.34. The Bertz CT molecular complexity index is 2220. The van der Waals surface area contributed by atoms with E-state index in [-0.39, 0.29) is 0 Å². The summed E-state index contributed by atoms with van der Waals surface area (Å²) in [6, 6.07) is 57.9. The average molecular weight is 632 g/mol. The van der Waals surface area contributed by atoms with Gasteiger partial charge in [0.2, 0.25) is 0 Å². The molecule has 0 saturated heterocycles. The van der Waals surface area contributed by atoms with Crippen molar-refractivity contribution < 1.29 is 4.74 Å². The summed E-state index contributed by atoms with van der Waals surface area (Å²) in [5.74, 6) is 3.82. The van der Waals surface area contributed by atoms with Crippen molar-refractivity contribution in [3.8, 4) is 79.6 Å². The van der Waals surface area contributed by atoms with E-state index in [9.17, 15) is 0 Å². The van der Waals surface area contributed by atoms with Crippen LogP contribution in [0, 0.1) is 0 Å². The van der Waals surface area contributed by atoms with Gasteiger partial charge in [-0.15, -0.1) is 0 Å². The maximum absolute atomic E-state index is 6.34. The molecule has 0 atom stereocenters. The van der Waals surface area contributed by atoms with Gasteiger partial charge >= 0.3 is 0 Å². The number of benzene rings is 6. The first-order chi connectivity index (χ1) is 24.2. The summed E-state index contributed by atoms with van der Waals surface area (Å²) >= 11 is 0. The number of nitrogens with zero attached hydrogens (tertiary/aromatic N) is 5. The fraction of sp³-hybridized carbons (Fsp3) is 0. The Morgan fingerprint density at radius 2 is 0.653 bits per heavy atom. The Hall–Kier alpha value is -6.79. The SMILES string of the molecule is c1ccc(-c2cc(-c3ccccc3)nc(-c3cccc(Oc4ccc(-c5nc(-c6ccccc6)nc(-c6ccccc6)n5)cc4)c3)n2)cc1. The van der Waals surface area contributed by atoms with E-state index in [4.69, 9.17) is 29.7 Å². The minimum Gasteiger partial charge on any atom is -0.457 e. The molecule has 2 aromatic heterocycles. The summed E-state index contributed by atoms with van der Waals surface area (Å²) < 4.78 is 6.34. The van der Waals surface area contributed by atoms with Gasteiger partial charge in [-0.3, -0.25) is 0 Å². The zero-order valence-corrected chi connectivity index (χ0v) is 26.4. The number of aromatic nitrogens is 5. The monoisotopic (exact) mass is 631 g/mol. The third-order valence-corrected chi connectivity index (χ3v) is 8.01. The first-order valence-electron chi connectivity index (χ1n) is 16.0. The Morgan fingerprint density at radius 3 is 1.12 bits per heavy atom. The topological polar surface area (TPSA) is 73.7 Å². The predicted molar refractivity (Wildman–Crippen MR) is 195 cm³/mol. The maximum Gasteiger partial charge on any atom is 0.164 e. The molecule has 0 unspecified atom stereocenters. The lowest BCUT2D eigenvalue weighted by atomic mass is 10.1. The zero-order valence-electron chi connectivity index (χ0n) is 26.4. The van der Waals surface area contributed by atoms with Crippen LogP contribution >= 0.6 is 0 Å². The van der Waals surface area contributed by atoms with Crippen LogP contribution in [0.5, 0.6) is 11.5 Å². The highest BCUT2D eigenvalue weighted by Gasteiger charge is 2.14. The second-order valence-corrected chi connectivity index (χ2v) is 11.4. The van der Waals surface area contributed by atoms with Crippen molar-refractivity contribution in [3.05, 3.63) is 176 Å². The van der Waals surface area contributed by atoms with Crippen LogP contribution in [0.15, 0.2) is 176 Å². The van der Waals surface area contributed by atoms with Crippen molar-refractivity contribution in [1.29, 1.82) is 0 Å². The van der Waals surface area contributed by atoms with Crippen molar-refractivity contribution in [1.82, 2.24) is 24.9 Å². The molecule has 6 nitrogen and oxygen atoms in total. The van der Waals surface area contributed by atoms with Gasteiger partial charge in [0.25, 0.3) is 0 Å². The van der Waals surface area contributed by atoms with Crippen molar-refractivity contribution in [2.75, 3.05) is 0 Å². The van der Waals surface area contributed by atoms with Gasteiger partial charge in [-0.1, -0.05) is 133 Å². The summed E-state index contributed by atoms with van der Waals surface area (Å²) in [5, 5.41) is 0. The molecule has 6 heteroatoms. The van der Waals surface area contributed by atoms with Crippen molar-refractivity contribution in [2.24, 2.45) is 0 Å². The average Bonchev–Trinajstić information content (AvgIpc) is 3.19. The van der Waals surface area contributed by atoms with Gasteiger partial charge in [0.1, 0.15) is 11.5 Å². The normalized spacial score (nSPS) is 10.9. The van der Waals surface area contributed by atoms with Crippen molar-refractivity contribution in [2.45, 2.75) is 0 Å². The Kier molecular flexibility index (Phi) is 8.17. The lowest BCUT2D eigenvalue weighted by molar-refractivity contribution is 0.483. The standard InChI is InChI=1S/C43H29N5O/c1-5-14-30(15-6-1)38-29-39(31-16-7-2-8-17-31)45-43(44-38)35-22-13-23-37(28-35)49-36-26-24-34(25-27-36)42-47-40(32-18-9-3-10-19-32)46-41(48-42)33-20-11-4-12-21-33/h1-29H. The molecule has 0 aliphatic rings. The minimum absolute atomic E-state index is 0.589. The molecule has 8 rings (SSSR count). The summed E-state index contributed by atoms with van der Waals surface area (Å²) in [7, 11) is 0. The van der Waals surface area contributed by atoms with E-state index in [1.54, 1.807) is 0 Å². The van der Waals surface area contributed by atoms with E-state index in [0.29, 0.717) is 34.8 Å². The third-order valence-electron chi connectivity index (χ3n) is 8.01. The summed E-state index contributed by atoms with van der Waals surface area (Å²) in [5.41, 5.74) is 7.34. The van der Waals surface area contributed by atoms with Gasteiger partial charge in [0.05, 0.1) is 11.4 Å². The second-order valence-electron chi connectivity index (χ2n) is 11.4. The summed E-state index contributed by atoms with van der Waals surface area (Å²) in [6.07, 6.45) is 0. The van der Waals surface area contributed by atoms with Crippen LogP contribution in [0.2, 0.25) is 0 Å². The van der Waals surface area contributed by atoms with E-state index in [1.165, 1.54) is 0 Å². The Labute approximate surface area is 284 Å². The first kappa shape index (κ1) is 29.6. The molecule has 0 aliphatic heterocycles. The van der Waals surface area contributed by atoms with Gasteiger partial charge in [-0.2, -0.15) is 0 Å². The van der Waals surface area contributed by atoms with Crippen LogP contribution in [0.4, 0.5) is 0 Å². The van der Waals surface area contributed by atoms with Crippen LogP contribution in [0.25, 0.3) is 68.1 Å². The van der Waals surface area contributed by atoms with Crippen molar-refractivity contribution in [3.63, 3.8) is 0 Å². The molecular formula is C43H29N5O. The molecule has 0 N–H and O–H groups in total. The van der Waals surface area contributed by atoms with Crippen LogP contribution < -0.4 is 4.74 Å². The largest absolute Gasteiger partial charge is 0.457 e. The lowest BCUT2D eigenvalue weighted by Gasteiger charge is -2.11. The zero-order chi connectivity index (χ0) is 32.8. The van der Waals surface area contributed by atoms with Gasteiger partial charge in [-0.05, 0) is 42.5 Å². The van der Waals surface area contributed by atoms with Gasteiger partial charge < -0.3 is 4.74 Å². The highest BCUT2D eigenvalue weighted by Crippen LogP contribution is 2.31. The van der Waals surface area contributed by atoms with Gasteiger partial charge in [-0.25, -0.2) is 24.9 Å². The molecule has 2 heterocycles. The number of hydrogen-bond acceptors (Lipinski definition) is 6. The number of ether oxygens (including phenoxy) is 1. The minimum atomic E-state index is 0.589. The van der Waals surface area contributed by atoms with Crippen LogP contribution in [-0.4, -0.2) is 24.9 Å². The smallest absolute Gasteiger partial charge is 0.164 e. The Morgan fingerprint density at radius 1 is 0.265 bits per heavy atom. The lowest BCUT2D eigenvalue weighted by Crippen LogP contribution is -2.00. The molecule has 0 spiro atoms. The van der Waals surface area contributed by atoms with Gasteiger partial charge in [0.15, 0.2) is 23.3 Å². The van der Waals surface area contributed by atoms with E-state index in [0.717, 1.165) is 44.8 Å². The molecule has 232 valence electrons. The molecule has 49 heavy (non-hydrogen) atoms. The molecule has 0 saturated carbocycles. The second kappa shape index (κ2) is 13.5. The molecule has 0 bridgehead atoms. The van der Waals surface area contributed by atoms with Gasteiger partial charge in [0, 0.05) is 33.4 Å². The highest BCUT2D eigenvalue weighted by molar-refractivity contribution is 5.72. The summed E-state index contributed by atoms with van der Waals surface area (Å²) in [6.45, 7) is 0. The Balaban J connectivity index is 1.10. The van der Waals surface area contributed by atoms with E-state index in [1.807, 2.05) is 152 Å². The highest BCUT2D eigenvalue weighted by atomic mass is 16.5.